The summed E-state index contributed by atoms with van der Waals surface area (Å²) in [7, 11) is 0. The number of aromatic amines is 1. The maximum absolute atomic E-state index is 4.03. The summed E-state index contributed by atoms with van der Waals surface area (Å²) in [5, 5.41) is 25.5. The average Bonchev–Trinajstić information content (AvgIpc) is 3.27. The number of aromatic nitrogens is 10. The van der Waals surface area contributed by atoms with Crippen molar-refractivity contribution < 1.29 is 0 Å². The van der Waals surface area contributed by atoms with Gasteiger partial charge in [0.25, 0.3) is 0 Å². The Bertz CT molecular complexity index is 661. The minimum atomic E-state index is 0. The SMILES string of the molecule is C.CC(C)(C)Cc1ncn[nH]1.CC(C)(C)Cn1ccnn1.CC(C)(C)Cn1ncnn1. The molecule has 0 saturated heterocycles. The van der Waals surface area contributed by atoms with Gasteiger partial charge in [0.2, 0.25) is 0 Å². The average molecular weight is 435 g/mol. The van der Waals surface area contributed by atoms with Gasteiger partial charge in [-0.05, 0) is 21.5 Å². The second kappa shape index (κ2) is 12.3. The van der Waals surface area contributed by atoms with Crippen molar-refractivity contribution in [2.24, 2.45) is 16.2 Å². The van der Waals surface area contributed by atoms with Gasteiger partial charge in [0, 0.05) is 19.2 Å². The van der Waals surface area contributed by atoms with Gasteiger partial charge in [-0.15, -0.1) is 15.3 Å². The van der Waals surface area contributed by atoms with Crippen LogP contribution in [0.2, 0.25) is 0 Å². The zero-order chi connectivity index (χ0) is 22.8. The third kappa shape index (κ3) is 15.8. The van der Waals surface area contributed by atoms with Crippen molar-refractivity contribution in [3.63, 3.8) is 0 Å². The van der Waals surface area contributed by atoms with Crippen molar-refractivity contribution in [2.75, 3.05) is 0 Å². The third-order valence-corrected chi connectivity index (χ3v) is 3.28. The van der Waals surface area contributed by atoms with Crippen LogP contribution in [0.1, 0.15) is 75.6 Å². The summed E-state index contributed by atoms with van der Waals surface area (Å²) >= 11 is 0. The molecule has 0 atom stereocenters. The van der Waals surface area contributed by atoms with Crippen molar-refractivity contribution in [3.05, 3.63) is 30.9 Å². The van der Waals surface area contributed by atoms with Crippen LogP contribution in [0.15, 0.2) is 25.0 Å². The van der Waals surface area contributed by atoms with Gasteiger partial charge in [0.05, 0.1) is 12.7 Å². The van der Waals surface area contributed by atoms with Gasteiger partial charge in [0.15, 0.2) is 6.33 Å². The minimum Gasteiger partial charge on any atom is -0.263 e. The monoisotopic (exact) mass is 434 g/mol. The number of rotatable bonds is 3. The van der Waals surface area contributed by atoms with E-state index in [9.17, 15) is 0 Å². The fourth-order valence-electron chi connectivity index (χ4n) is 2.31. The lowest BCUT2D eigenvalue weighted by molar-refractivity contribution is 0.299. The Hall–Kier alpha value is -2.65. The van der Waals surface area contributed by atoms with E-state index in [1.807, 2.05) is 10.9 Å². The van der Waals surface area contributed by atoms with Gasteiger partial charge in [0.1, 0.15) is 12.2 Å². The first-order valence-electron chi connectivity index (χ1n) is 10.1. The molecule has 3 aromatic heterocycles. The van der Waals surface area contributed by atoms with E-state index in [1.54, 1.807) is 17.3 Å². The lowest BCUT2D eigenvalue weighted by Crippen LogP contribution is -2.17. The van der Waals surface area contributed by atoms with Crippen LogP contribution in [0.5, 0.6) is 0 Å². The topological polar surface area (TPSA) is 116 Å². The lowest BCUT2D eigenvalue weighted by Gasteiger charge is -2.16. The van der Waals surface area contributed by atoms with E-state index in [2.05, 4.69) is 103 Å². The van der Waals surface area contributed by atoms with Gasteiger partial charge in [-0.3, -0.25) is 9.78 Å². The van der Waals surface area contributed by atoms with Gasteiger partial charge in [-0.2, -0.15) is 9.90 Å². The van der Waals surface area contributed by atoms with Crippen LogP contribution in [0.3, 0.4) is 0 Å². The Morgan fingerprint density at radius 1 is 0.806 bits per heavy atom. The molecule has 0 aromatic carbocycles. The molecule has 0 aliphatic rings. The zero-order valence-corrected chi connectivity index (χ0v) is 20.0. The van der Waals surface area contributed by atoms with Crippen molar-refractivity contribution in [1.82, 2.24) is 50.4 Å². The van der Waals surface area contributed by atoms with Gasteiger partial charge in [-0.1, -0.05) is 75.0 Å². The summed E-state index contributed by atoms with van der Waals surface area (Å²) in [5.74, 6) is 0.965. The molecule has 1 N–H and O–H groups in total. The predicted octanol–water partition coefficient (Wildman–Crippen LogP) is 4.07. The van der Waals surface area contributed by atoms with E-state index in [0.29, 0.717) is 5.41 Å². The molecular formula is C21H42N10. The summed E-state index contributed by atoms with van der Waals surface area (Å²) in [6.07, 6.45) is 7.52. The lowest BCUT2D eigenvalue weighted by atomic mass is 9.92. The Morgan fingerprint density at radius 3 is 1.84 bits per heavy atom. The van der Waals surface area contributed by atoms with Crippen LogP contribution < -0.4 is 0 Å². The molecule has 10 nitrogen and oxygen atoms in total. The first-order valence-corrected chi connectivity index (χ1v) is 10.1. The van der Waals surface area contributed by atoms with Crippen molar-refractivity contribution >= 4 is 0 Å². The number of hydrogen-bond donors (Lipinski definition) is 1. The smallest absolute Gasteiger partial charge is 0.162 e. The maximum Gasteiger partial charge on any atom is 0.162 e. The first-order chi connectivity index (χ1) is 13.7. The Morgan fingerprint density at radius 2 is 1.45 bits per heavy atom. The molecule has 0 aliphatic heterocycles. The minimum absolute atomic E-state index is 0. The number of tetrazole rings is 1. The molecule has 0 radical (unpaired) electrons. The molecule has 0 aliphatic carbocycles. The van der Waals surface area contributed by atoms with Crippen LogP contribution in [0, 0.1) is 16.2 Å². The molecule has 0 amide bonds. The number of H-pyrrole nitrogens is 1. The molecule has 0 bridgehead atoms. The molecular weight excluding hydrogens is 392 g/mol. The van der Waals surface area contributed by atoms with E-state index >= 15 is 0 Å². The third-order valence-electron chi connectivity index (χ3n) is 3.28. The van der Waals surface area contributed by atoms with Crippen molar-refractivity contribution in [3.8, 4) is 0 Å². The highest BCUT2D eigenvalue weighted by atomic mass is 15.6. The van der Waals surface area contributed by atoms with Crippen LogP contribution >= 0.6 is 0 Å². The highest BCUT2D eigenvalue weighted by Crippen LogP contribution is 2.17. The summed E-state index contributed by atoms with van der Waals surface area (Å²) in [6.45, 7) is 21.2. The van der Waals surface area contributed by atoms with E-state index in [0.717, 1.165) is 25.3 Å². The summed E-state index contributed by atoms with van der Waals surface area (Å²) < 4.78 is 1.85. The van der Waals surface area contributed by atoms with Crippen molar-refractivity contribution in [2.45, 2.75) is 89.3 Å². The molecule has 0 unspecified atom stereocenters. The Kier molecular flexibility index (Phi) is 11.2. The number of nitrogens with zero attached hydrogens (tertiary/aromatic N) is 9. The maximum atomic E-state index is 4.03. The van der Waals surface area contributed by atoms with Crippen LogP contribution in [-0.2, 0) is 19.5 Å². The molecule has 0 fully saturated rings. The normalized spacial score (nSPS) is 11.5. The molecule has 10 heteroatoms. The van der Waals surface area contributed by atoms with E-state index < -0.39 is 0 Å². The van der Waals surface area contributed by atoms with Gasteiger partial charge in [-0.25, -0.2) is 4.98 Å². The standard InChI is InChI=1S/2C7H13N3.C6H12N4.CH4/c1-7(2,3)4-6-8-5-9-10-6;1-7(2,3)6-10-5-4-8-9-10;1-6(2,3)4-10-8-5-7-9-10;/h5H,4H2,1-3H3,(H,8,9,10);4-5H,6H2,1-3H3;5H,4H2,1-3H3;1H4. The number of hydrogen-bond acceptors (Lipinski definition) is 7. The van der Waals surface area contributed by atoms with Crippen LogP contribution in [0.25, 0.3) is 0 Å². The summed E-state index contributed by atoms with van der Waals surface area (Å²) in [5.41, 5.74) is 0.800. The van der Waals surface area contributed by atoms with E-state index in [-0.39, 0.29) is 18.3 Å². The highest BCUT2D eigenvalue weighted by molar-refractivity contribution is 4.85. The summed E-state index contributed by atoms with van der Waals surface area (Å²) in [4.78, 5) is 5.63. The fourth-order valence-corrected chi connectivity index (χ4v) is 2.31. The molecule has 3 heterocycles. The summed E-state index contributed by atoms with van der Waals surface area (Å²) in [6, 6.07) is 0. The second-order valence-corrected chi connectivity index (χ2v) is 10.9. The fraction of sp³-hybridized carbons (Fsp3) is 0.762. The molecule has 176 valence electrons. The second-order valence-electron chi connectivity index (χ2n) is 10.9. The molecule has 0 saturated carbocycles. The van der Waals surface area contributed by atoms with Gasteiger partial charge >= 0.3 is 0 Å². The molecule has 31 heavy (non-hydrogen) atoms. The Balaban J connectivity index is 0.000000429. The zero-order valence-electron chi connectivity index (χ0n) is 20.0. The predicted molar refractivity (Wildman–Crippen MR) is 123 cm³/mol. The molecule has 0 spiro atoms. The van der Waals surface area contributed by atoms with Crippen LogP contribution in [-0.4, -0.2) is 50.4 Å². The number of nitrogens with one attached hydrogen (secondary N) is 1. The highest BCUT2D eigenvalue weighted by Gasteiger charge is 2.13. The molecule has 3 aromatic rings. The van der Waals surface area contributed by atoms with Crippen molar-refractivity contribution in [1.29, 1.82) is 0 Å². The van der Waals surface area contributed by atoms with E-state index in [1.165, 1.54) is 6.33 Å². The van der Waals surface area contributed by atoms with E-state index in [4.69, 9.17) is 0 Å². The molecule has 3 rings (SSSR count). The largest absolute Gasteiger partial charge is 0.263 e. The van der Waals surface area contributed by atoms with Gasteiger partial charge < -0.3 is 0 Å². The quantitative estimate of drug-likeness (QED) is 0.660. The Labute approximate surface area is 187 Å². The first kappa shape index (κ1) is 28.4. The van der Waals surface area contributed by atoms with Crippen LogP contribution in [0.4, 0.5) is 0 Å².